The number of alkyl halides is 2. The Bertz CT molecular complexity index is 344. The van der Waals surface area contributed by atoms with E-state index in [0.29, 0.717) is 6.54 Å². The third kappa shape index (κ3) is 2.99. The van der Waals surface area contributed by atoms with Gasteiger partial charge in [-0.2, -0.15) is 0 Å². The van der Waals surface area contributed by atoms with Crippen LogP contribution in [0, 0.1) is 6.92 Å². The summed E-state index contributed by atoms with van der Waals surface area (Å²) in [5.41, 5.74) is 0.0384. The molecule has 15 heavy (non-hydrogen) atoms. The molecule has 0 fully saturated rings. The summed E-state index contributed by atoms with van der Waals surface area (Å²) in [6, 6.07) is 0. The minimum Gasteiger partial charge on any atom is -0.370 e. The lowest BCUT2D eigenvalue weighted by molar-refractivity contribution is 0.150. The van der Waals surface area contributed by atoms with Crippen molar-refractivity contribution in [1.29, 1.82) is 0 Å². The molecule has 0 radical (unpaired) electrons. The maximum absolute atomic E-state index is 12.7. The Balaban J connectivity index is 3.09. The van der Waals surface area contributed by atoms with E-state index in [1.807, 2.05) is 6.92 Å². The molecule has 0 saturated carbocycles. The summed E-state index contributed by atoms with van der Waals surface area (Å²) >= 11 is 5.60. The molecule has 0 aromatic carbocycles. The van der Waals surface area contributed by atoms with Crippen molar-refractivity contribution in [2.75, 3.05) is 11.9 Å². The zero-order valence-corrected chi connectivity index (χ0v) is 9.28. The van der Waals surface area contributed by atoms with Gasteiger partial charge in [0, 0.05) is 6.54 Å². The highest BCUT2D eigenvalue weighted by atomic mass is 35.5. The lowest BCUT2D eigenvalue weighted by Gasteiger charge is -2.11. The summed E-state index contributed by atoms with van der Waals surface area (Å²) in [6.07, 6.45) is -1.77. The van der Waals surface area contributed by atoms with E-state index in [1.54, 1.807) is 0 Å². The minimum atomic E-state index is -2.60. The number of nitrogens with zero attached hydrogens (tertiary/aromatic N) is 2. The van der Waals surface area contributed by atoms with E-state index in [0.717, 1.165) is 6.42 Å². The van der Waals surface area contributed by atoms with Crippen LogP contribution >= 0.6 is 11.6 Å². The molecule has 1 aromatic rings. The van der Waals surface area contributed by atoms with Gasteiger partial charge in [-0.3, -0.25) is 0 Å². The first-order valence-corrected chi connectivity index (χ1v) is 5.00. The fourth-order valence-electron chi connectivity index (χ4n) is 1.19. The highest BCUT2D eigenvalue weighted by Crippen LogP contribution is 2.28. The standard InChI is InChI=1S/C9H12ClF2N3/c1-3-4-13-8-6(7(11)12)5(2)14-9(10)15-8/h7H,3-4H2,1-2H3,(H,13,14,15). The zero-order valence-electron chi connectivity index (χ0n) is 8.52. The van der Waals surface area contributed by atoms with Crippen LogP contribution in [0.2, 0.25) is 5.28 Å². The van der Waals surface area contributed by atoms with E-state index in [9.17, 15) is 8.78 Å². The first-order valence-electron chi connectivity index (χ1n) is 4.62. The molecule has 0 aliphatic carbocycles. The highest BCUT2D eigenvalue weighted by molar-refractivity contribution is 6.28. The third-order valence-electron chi connectivity index (χ3n) is 1.87. The van der Waals surface area contributed by atoms with Gasteiger partial charge in [-0.1, -0.05) is 6.92 Å². The van der Waals surface area contributed by atoms with Crippen molar-refractivity contribution >= 4 is 17.4 Å². The molecule has 0 amide bonds. The molecular weight excluding hydrogens is 224 g/mol. The van der Waals surface area contributed by atoms with E-state index in [-0.39, 0.29) is 22.4 Å². The van der Waals surface area contributed by atoms with Crippen LogP contribution in [0.25, 0.3) is 0 Å². The molecule has 1 rings (SSSR count). The first-order chi connectivity index (χ1) is 7.06. The topological polar surface area (TPSA) is 37.8 Å². The van der Waals surface area contributed by atoms with Gasteiger partial charge in [0.1, 0.15) is 5.82 Å². The monoisotopic (exact) mass is 235 g/mol. The van der Waals surface area contributed by atoms with E-state index in [1.165, 1.54) is 6.92 Å². The SMILES string of the molecule is CCCNc1nc(Cl)nc(C)c1C(F)F. The maximum atomic E-state index is 12.7. The smallest absolute Gasteiger partial charge is 0.269 e. The molecule has 1 N–H and O–H groups in total. The van der Waals surface area contributed by atoms with Gasteiger partial charge in [0.2, 0.25) is 5.28 Å². The lowest BCUT2D eigenvalue weighted by Crippen LogP contribution is -2.09. The van der Waals surface area contributed by atoms with E-state index >= 15 is 0 Å². The van der Waals surface area contributed by atoms with Gasteiger partial charge in [-0.15, -0.1) is 0 Å². The van der Waals surface area contributed by atoms with Gasteiger partial charge in [0.25, 0.3) is 6.43 Å². The van der Waals surface area contributed by atoms with Crippen LogP contribution in [0.5, 0.6) is 0 Å². The summed E-state index contributed by atoms with van der Waals surface area (Å²) in [5.74, 6) is 0.129. The van der Waals surface area contributed by atoms with Crippen LogP contribution in [0.1, 0.15) is 31.0 Å². The number of hydrogen-bond donors (Lipinski definition) is 1. The quantitative estimate of drug-likeness (QED) is 0.815. The molecule has 0 aliphatic heterocycles. The predicted molar refractivity (Wildman–Crippen MR) is 55.5 cm³/mol. The number of nitrogens with one attached hydrogen (secondary N) is 1. The normalized spacial score (nSPS) is 10.8. The number of halogens is 3. The van der Waals surface area contributed by atoms with Crippen molar-refractivity contribution in [3.8, 4) is 0 Å². The molecule has 1 heterocycles. The van der Waals surface area contributed by atoms with Crippen LogP contribution in [0.3, 0.4) is 0 Å². The summed E-state index contributed by atoms with van der Waals surface area (Å²) in [7, 11) is 0. The summed E-state index contributed by atoms with van der Waals surface area (Å²) in [4.78, 5) is 7.45. The number of anilines is 1. The Morgan fingerprint density at radius 3 is 2.60 bits per heavy atom. The van der Waals surface area contributed by atoms with Gasteiger partial charge in [0.15, 0.2) is 0 Å². The molecule has 0 bridgehead atoms. The second-order valence-electron chi connectivity index (χ2n) is 3.07. The number of hydrogen-bond acceptors (Lipinski definition) is 3. The van der Waals surface area contributed by atoms with Crippen LogP contribution in [0.4, 0.5) is 14.6 Å². The molecule has 0 saturated heterocycles. The summed E-state index contributed by atoms with van der Waals surface area (Å²) < 4.78 is 25.4. The van der Waals surface area contributed by atoms with Crippen molar-refractivity contribution in [3.63, 3.8) is 0 Å². The number of rotatable bonds is 4. The van der Waals surface area contributed by atoms with E-state index in [2.05, 4.69) is 15.3 Å². The second kappa shape index (κ2) is 5.21. The Labute approximate surface area is 91.9 Å². The molecule has 0 unspecified atom stereocenters. The van der Waals surface area contributed by atoms with Crippen LogP contribution in [0.15, 0.2) is 0 Å². The van der Waals surface area contributed by atoms with E-state index in [4.69, 9.17) is 11.6 Å². The van der Waals surface area contributed by atoms with Gasteiger partial charge in [-0.25, -0.2) is 18.7 Å². The molecule has 1 aromatic heterocycles. The largest absolute Gasteiger partial charge is 0.370 e. The van der Waals surface area contributed by atoms with Crippen molar-refractivity contribution in [3.05, 3.63) is 16.5 Å². The molecule has 6 heteroatoms. The Hall–Kier alpha value is -0.970. The van der Waals surface area contributed by atoms with E-state index < -0.39 is 6.43 Å². The molecule has 0 spiro atoms. The number of aromatic nitrogens is 2. The first kappa shape index (κ1) is 12.1. The Morgan fingerprint density at radius 2 is 2.07 bits per heavy atom. The lowest BCUT2D eigenvalue weighted by atomic mass is 10.2. The van der Waals surface area contributed by atoms with Crippen molar-refractivity contribution in [2.45, 2.75) is 26.7 Å². The van der Waals surface area contributed by atoms with Gasteiger partial charge < -0.3 is 5.32 Å². The predicted octanol–water partition coefficient (Wildman–Crippen LogP) is 3.20. The third-order valence-corrected chi connectivity index (χ3v) is 2.04. The number of aryl methyl sites for hydroxylation is 1. The fourth-order valence-corrected chi connectivity index (χ4v) is 1.40. The Kier molecular flexibility index (Phi) is 4.20. The van der Waals surface area contributed by atoms with Crippen LogP contribution in [-0.2, 0) is 0 Å². The Morgan fingerprint density at radius 1 is 1.40 bits per heavy atom. The average Bonchev–Trinajstić information content (AvgIpc) is 2.12. The minimum absolute atomic E-state index is 0.0181. The fraction of sp³-hybridized carbons (Fsp3) is 0.556. The summed E-state index contributed by atoms with van der Waals surface area (Å²) in [6.45, 7) is 4.00. The molecular formula is C9H12ClF2N3. The molecule has 3 nitrogen and oxygen atoms in total. The van der Waals surface area contributed by atoms with Crippen LogP contribution in [-0.4, -0.2) is 16.5 Å². The maximum Gasteiger partial charge on any atom is 0.269 e. The molecule has 0 aliphatic rings. The van der Waals surface area contributed by atoms with Gasteiger partial charge >= 0.3 is 0 Å². The highest BCUT2D eigenvalue weighted by Gasteiger charge is 2.19. The van der Waals surface area contributed by atoms with Crippen LogP contribution < -0.4 is 5.32 Å². The average molecular weight is 236 g/mol. The zero-order chi connectivity index (χ0) is 11.4. The van der Waals surface area contributed by atoms with Crippen molar-refractivity contribution in [1.82, 2.24) is 9.97 Å². The molecule has 84 valence electrons. The second-order valence-corrected chi connectivity index (χ2v) is 3.41. The molecule has 0 atom stereocenters. The van der Waals surface area contributed by atoms with Crippen molar-refractivity contribution in [2.24, 2.45) is 0 Å². The van der Waals surface area contributed by atoms with Gasteiger partial charge in [-0.05, 0) is 24.9 Å². The van der Waals surface area contributed by atoms with Gasteiger partial charge in [0.05, 0.1) is 11.3 Å². The summed E-state index contributed by atoms with van der Waals surface area (Å²) in [5, 5.41) is 2.79. The van der Waals surface area contributed by atoms with Crippen molar-refractivity contribution < 1.29 is 8.78 Å².